The highest BCUT2D eigenvalue weighted by molar-refractivity contribution is 14.1. The maximum absolute atomic E-state index is 13.9. The van der Waals surface area contributed by atoms with E-state index >= 15 is 0 Å². The van der Waals surface area contributed by atoms with Crippen LogP contribution in [0.5, 0.6) is 5.75 Å². The predicted octanol–water partition coefficient (Wildman–Crippen LogP) is 4.71. The second kappa shape index (κ2) is 13.7. The lowest BCUT2D eigenvalue weighted by Gasteiger charge is -2.40. The van der Waals surface area contributed by atoms with Crippen LogP contribution in [0.15, 0.2) is 84.4 Å². The largest absolute Gasteiger partial charge is 0.482 e. The highest BCUT2D eigenvalue weighted by atomic mass is 127. The van der Waals surface area contributed by atoms with E-state index in [0.29, 0.717) is 11.3 Å². The average molecular weight is 698 g/mol. The number of para-hydroxylation sites is 1. The molecule has 12 heteroatoms. The van der Waals surface area contributed by atoms with Gasteiger partial charge in [0.15, 0.2) is 0 Å². The Bertz CT molecular complexity index is 1430. The van der Waals surface area contributed by atoms with Gasteiger partial charge in [-0.2, -0.15) is 13.2 Å². The molecule has 0 aromatic heterocycles. The number of benzene rings is 3. The molecule has 3 aromatic rings. The number of carbonyl (C=O) groups is 2. The van der Waals surface area contributed by atoms with Crippen LogP contribution < -0.4 is 10.1 Å². The lowest BCUT2D eigenvalue weighted by molar-refractivity contribution is -0.137. The molecule has 4 rings (SSSR count). The summed E-state index contributed by atoms with van der Waals surface area (Å²) in [5, 5.41) is 23.3. The number of aliphatic hydroxyl groups excluding tert-OH is 2. The van der Waals surface area contributed by atoms with Crippen LogP contribution in [0, 0.1) is 9.39 Å². The zero-order chi connectivity index (χ0) is 30.4. The Labute approximate surface area is 252 Å². The number of amides is 2. The van der Waals surface area contributed by atoms with Crippen LogP contribution >= 0.6 is 22.6 Å². The lowest BCUT2D eigenvalue weighted by atomic mass is 9.87. The van der Waals surface area contributed by atoms with E-state index in [1.807, 2.05) is 0 Å². The number of halogens is 5. The molecule has 0 radical (unpaired) electrons. The fourth-order valence-corrected chi connectivity index (χ4v) is 5.07. The molecule has 0 fully saturated rings. The monoisotopic (exact) mass is 698 g/mol. The Morgan fingerprint density at radius 3 is 2.31 bits per heavy atom. The molecule has 0 saturated carbocycles. The highest BCUT2D eigenvalue weighted by Gasteiger charge is 2.41. The fourth-order valence-electron chi connectivity index (χ4n) is 4.56. The van der Waals surface area contributed by atoms with Crippen molar-refractivity contribution in [3.8, 4) is 5.75 Å². The summed E-state index contributed by atoms with van der Waals surface area (Å²) in [6.45, 7) is -0.491. The average Bonchev–Trinajstić information content (AvgIpc) is 2.97. The third kappa shape index (κ3) is 7.66. The van der Waals surface area contributed by atoms with E-state index in [0.717, 1.165) is 27.8 Å². The molecule has 3 atom stereocenters. The smallest absolute Gasteiger partial charge is 0.416 e. The van der Waals surface area contributed by atoms with Gasteiger partial charge in [-0.25, -0.2) is 4.39 Å². The first kappa shape index (κ1) is 31.4. The number of alkyl halides is 3. The minimum atomic E-state index is -4.60. The van der Waals surface area contributed by atoms with E-state index in [-0.39, 0.29) is 37.3 Å². The van der Waals surface area contributed by atoms with Gasteiger partial charge in [0.2, 0.25) is 5.91 Å². The molecule has 0 heterocycles. The zero-order valence-corrected chi connectivity index (χ0v) is 24.2. The summed E-state index contributed by atoms with van der Waals surface area (Å²) < 4.78 is 60.0. The van der Waals surface area contributed by atoms with Crippen molar-refractivity contribution >= 4 is 34.4 Å². The summed E-state index contributed by atoms with van der Waals surface area (Å²) in [6.07, 6.45) is -5.73. The molecule has 222 valence electrons. The second-order valence-electron chi connectivity index (χ2n) is 9.58. The van der Waals surface area contributed by atoms with Gasteiger partial charge < -0.3 is 25.2 Å². The molecule has 2 amide bonds. The van der Waals surface area contributed by atoms with Crippen LogP contribution in [0.25, 0.3) is 0 Å². The Balaban J connectivity index is 1.74. The van der Waals surface area contributed by atoms with Gasteiger partial charge in [0.05, 0.1) is 21.8 Å². The van der Waals surface area contributed by atoms with Gasteiger partial charge in [0.1, 0.15) is 23.8 Å². The third-order valence-corrected chi connectivity index (χ3v) is 7.59. The van der Waals surface area contributed by atoms with Crippen molar-refractivity contribution in [3.05, 3.63) is 111 Å². The minimum absolute atomic E-state index is 0.0325. The fraction of sp³-hybridized carbons (Fsp3) is 0.267. The van der Waals surface area contributed by atoms with Gasteiger partial charge in [-0.05, 0) is 82.8 Å². The molecule has 3 aromatic carbocycles. The predicted molar refractivity (Wildman–Crippen MR) is 154 cm³/mol. The molecule has 7 nitrogen and oxygen atoms in total. The molecule has 0 unspecified atom stereocenters. The van der Waals surface area contributed by atoms with Crippen LogP contribution in [0.1, 0.15) is 27.9 Å². The van der Waals surface area contributed by atoms with Crippen molar-refractivity contribution in [2.45, 2.75) is 37.4 Å². The van der Waals surface area contributed by atoms with E-state index in [2.05, 4.69) is 27.9 Å². The Morgan fingerprint density at radius 1 is 1.02 bits per heavy atom. The van der Waals surface area contributed by atoms with Crippen LogP contribution in [-0.4, -0.2) is 58.3 Å². The maximum atomic E-state index is 13.9. The molecule has 3 N–H and O–H groups in total. The standard InChI is InChI=1S/C30H27F4IN2O5/c31-22-11-5-18(6-12-22)17-37(29(41)19-7-9-21(10-8-19)30(32,33)34)24-15-20(28(40)36-13-14-38)16-26(27(24)39)42-25-4-2-1-3-23(25)35/h1-12,16,24,26-27,38-39H,13-15,17H2,(H,36,40)/t24-,26+,27+/m1/s1. The summed E-state index contributed by atoms with van der Waals surface area (Å²) in [5.41, 5.74) is -0.342. The number of rotatable bonds is 9. The molecule has 0 bridgehead atoms. The van der Waals surface area contributed by atoms with Gasteiger partial charge in [0, 0.05) is 30.6 Å². The maximum Gasteiger partial charge on any atom is 0.416 e. The van der Waals surface area contributed by atoms with Crippen molar-refractivity contribution in [2.24, 2.45) is 0 Å². The zero-order valence-electron chi connectivity index (χ0n) is 22.0. The molecule has 0 spiro atoms. The van der Waals surface area contributed by atoms with E-state index in [1.165, 1.54) is 35.2 Å². The van der Waals surface area contributed by atoms with E-state index < -0.39 is 47.6 Å². The number of carbonyl (C=O) groups excluding carboxylic acids is 2. The Kier molecular flexibility index (Phi) is 10.2. The number of hydrogen-bond acceptors (Lipinski definition) is 5. The summed E-state index contributed by atoms with van der Waals surface area (Å²) >= 11 is 2.05. The van der Waals surface area contributed by atoms with E-state index in [1.54, 1.807) is 24.3 Å². The topological polar surface area (TPSA) is 99.1 Å². The molecule has 0 saturated heterocycles. The Hall–Kier alpha value is -3.49. The first-order chi connectivity index (χ1) is 20.0. The molecular weight excluding hydrogens is 671 g/mol. The van der Waals surface area contributed by atoms with Crippen molar-refractivity contribution in [2.75, 3.05) is 13.2 Å². The summed E-state index contributed by atoms with van der Waals surface area (Å²) in [5.74, 6) is -1.33. The highest BCUT2D eigenvalue weighted by Crippen LogP contribution is 2.32. The quantitative estimate of drug-likeness (QED) is 0.222. The van der Waals surface area contributed by atoms with Crippen molar-refractivity contribution in [3.63, 3.8) is 0 Å². The van der Waals surface area contributed by atoms with Gasteiger partial charge in [-0.3, -0.25) is 9.59 Å². The van der Waals surface area contributed by atoms with Gasteiger partial charge in [-0.1, -0.05) is 24.3 Å². The normalized spacial score (nSPS) is 18.6. The number of nitrogens with one attached hydrogen (secondary N) is 1. The van der Waals surface area contributed by atoms with E-state index in [9.17, 15) is 37.4 Å². The second-order valence-corrected chi connectivity index (χ2v) is 10.7. The number of aliphatic hydroxyl groups is 2. The van der Waals surface area contributed by atoms with Crippen molar-refractivity contribution in [1.82, 2.24) is 10.2 Å². The van der Waals surface area contributed by atoms with Crippen molar-refractivity contribution in [1.29, 1.82) is 0 Å². The van der Waals surface area contributed by atoms with Crippen molar-refractivity contribution < 1.29 is 42.1 Å². The summed E-state index contributed by atoms with van der Waals surface area (Å²) in [7, 11) is 0. The molecule has 1 aliphatic carbocycles. The molecular formula is C30H27F4IN2O5. The summed E-state index contributed by atoms with van der Waals surface area (Å²) in [6, 6.07) is 14.9. The number of ether oxygens (including phenoxy) is 1. The molecule has 42 heavy (non-hydrogen) atoms. The number of hydrogen-bond donors (Lipinski definition) is 3. The molecule has 1 aliphatic rings. The Morgan fingerprint density at radius 2 is 1.69 bits per heavy atom. The first-order valence-corrected chi connectivity index (χ1v) is 14.0. The number of nitrogens with zero attached hydrogens (tertiary/aromatic N) is 1. The minimum Gasteiger partial charge on any atom is -0.482 e. The van der Waals surface area contributed by atoms with E-state index in [4.69, 9.17) is 4.74 Å². The van der Waals surface area contributed by atoms with Crippen LogP contribution in [0.2, 0.25) is 0 Å². The van der Waals surface area contributed by atoms with Crippen LogP contribution in [0.3, 0.4) is 0 Å². The summed E-state index contributed by atoms with van der Waals surface area (Å²) in [4.78, 5) is 28.1. The van der Waals surface area contributed by atoms with Gasteiger partial charge in [0.25, 0.3) is 5.91 Å². The third-order valence-electron chi connectivity index (χ3n) is 6.70. The molecule has 0 aliphatic heterocycles. The van der Waals surface area contributed by atoms with Crippen LogP contribution in [-0.2, 0) is 17.5 Å². The van der Waals surface area contributed by atoms with Crippen LogP contribution in [0.4, 0.5) is 17.6 Å². The van der Waals surface area contributed by atoms with Gasteiger partial charge >= 0.3 is 6.18 Å². The van der Waals surface area contributed by atoms with Gasteiger partial charge in [-0.15, -0.1) is 0 Å². The lowest BCUT2D eigenvalue weighted by Crippen LogP contribution is -2.54. The first-order valence-electron chi connectivity index (χ1n) is 12.9. The SMILES string of the molecule is O=C(NCCO)C1=C[C@H](Oc2ccccc2I)[C@@H](O)[C@H](N(Cc2ccc(F)cc2)C(=O)c2ccc(C(F)(F)F)cc2)C1.